The van der Waals surface area contributed by atoms with Crippen molar-refractivity contribution in [2.45, 2.75) is 13.0 Å². The van der Waals surface area contributed by atoms with Gasteiger partial charge in [-0.2, -0.15) is 0 Å². The van der Waals surface area contributed by atoms with E-state index in [2.05, 4.69) is 10.3 Å². The number of hydrogen-bond donors (Lipinski definition) is 1. The van der Waals surface area contributed by atoms with E-state index in [1.54, 1.807) is 17.5 Å². The monoisotopic (exact) mass is 348 g/mol. The summed E-state index contributed by atoms with van der Waals surface area (Å²) in [5.41, 5.74) is 0.903. The van der Waals surface area contributed by atoms with Crippen LogP contribution in [0.4, 0.5) is 0 Å². The number of amides is 1. The van der Waals surface area contributed by atoms with E-state index in [-0.39, 0.29) is 11.9 Å². The molecule has 0 radical (unpaired) electrons. The van der Waals surface area contributed by atoms with Crippen molar-refractivity contribution in [2.24, 2.45) is 0 Å². The number of carbonyl (C=O) groups is 1. The first-order valence-electron chi connectivity index (χ1n) is 6.70. The van der Waals surface area contributed by atoms with E-state index in [1.165, 1.54) is 11.3 Å². The third-order valence-electron chi connectivity index (χ3n) is 3.18. The Hall–Kier alpha value is -1.69. The third-order valence-corrected chi connectivity index (χ3v) is 5.56. The molecule has 1 unspecified atom stereocenters. The molecule has 0 bridgehead atoms. The molecule has 0 saturated carbocycles. The minimum Gasteiger partial charge on any atom is -0.345 e. The van der Waals surface area contributed by atoms with E-state index in [9.17, 15) is 4.79 Å². The van der Waals surface area contributed by atoms with Crippen LogP contribution in [0, 0.1) is 0 Å². The molecular weight excluding hydrogens is 336 g/mol. The van der Waals surface area contributed by atoms with Gasteiger partial charge in [0.15, 0.2) is 0 Å². The topological polar surface area (TPSA) is 42.0 Å². The van der Waals surface area contributed by atoms with E-state index < -0.39 is 0 Å². The lowest BCUT2D eigenvalue weighted by atomic mass is 10.1. The molecule has 0 fully saturated rings. The van der Waals surface area contributed by atoms with Gasteiger partial charge in [0.05, 0.1) is 17.1 Å². The lowest BCUT2D eigenvalue weighted by Crippen LogP contribution is -2.26. The fourth-order valence-electron chi connectivity index (χ4n) is 2.07. The number of nitrogens with one attached hydrogen (secondary N) is 1. The first-order chi connectivity index (χ1) is 10.6. The van der Waals surface area contributed by atoms with Crippen LogP contribution < -0.4 is 5.32 Å². The van der Waals surface area contributed by atoms with Crippen LogP contribution in [-0.4, -0.2) is 10.9 Å². The highest BCUT2D eigenvalue weighted by Gasteiger charge is 2.16. The van der Waals surface area contributed by atoms with Gasteiger partial charge >= 0.3 is 0 Å². The van der Waals surface area contributed by atoms with Gasteiger partial charge in [0.25, 0.3) is 5.91 Å². The van der Waals surface area contributed by atoms with Crippen LogP contribution in [0.5, 0.6) is 0 Å². The van der Waals surface area contributed by atoms with E-state index in [4.69, 9.17) is 11.6 Å². The standard InChI is InChI=1S/C16H13ClN2OS2/c1-10(11-5-2-3-6-12(11)17)19-15(20)14-9-18-16(22-14)13-7-4-8-21-13/h2-10H,1H3,(H,19,20). The van der Waals surface area contributed by atoms with Gasteiger partial charge in [-0.1, -0.05) is 35.9 Å². The van der Waals surface area contributed by atoms with Crippen molar-refractivity contribution in [1.82, 2.24) is 10.3 Å². The van der Waals surface area contributed by atoms with Crippen molar-refractivity contribution in [2.75, 3.05) is 0 Å². The van der Waals surface area contributed by atoms with Crippen molar-refractivity contribution in [1.29, 1.82) is 0 Å². The SMILES string of the molecule is CC(NC(=O)c1cnc(-c2cccs2)s1)c1ccccc1Cl. The van der Waals surface area contributed by atoms with Crippen molar-refractivity contribution in [3.63, 3.8) is 0 Å². The molecule has 0 saturated heterocycles. The number of aromatic nitrogens is 1. The largest absolute Gasteiger partial charge is 0.345 e. The van der Waals surface area contributed by atoms with Gasteiger partial charge in [-0.25, -0.2) is 4.98 Å². The van der Waals surface area contributed by atoms with Crippen molar-refractivity contribution in [3.8, 4) is 9.88 Å². The molecular formula is C16H13ClN2OS2. The average Bonchev–Trinajstić information content (AvgIpc) is 3.18. The number of hydrogen-bond acceptors (Lipinski definition) is 4. The molecule has 112 valence electrons. The summed E-state index contributed by atoms with van der Waals surface area (Å²) in [4.78, 5) is 18.3. The average molecular weight is 349 g/mol. The van der Waals surface area contributed by atoms with Crippen LogP contribution in [0.3, 0.4) is 0 Å². The summed E-state index contributed by atoms with van der Waals surface area (Å²) in [5.74, 6) is -0.132. The second kappa shape index (κ2) is 6.60. The molecule has 6 heteroatoms. The number of carbonyl (C=O) groups excluding carboxylic acids is 1. The Bertz CT molecular complexity index is 783. The Morgan fingerprint density at radius 3 is 2.82 bits per heavy atom. The maximum Gasteiger partial charge on any atom is 0.263 e. The number of rotatable bonds is 4. The fraction of sp³-hybridized carbons (Fsp3) is 0.125. The number of benzene rings is 1. The van der Waals surface area contributed by atoms with Crippen LogP contribution >= 0.6 is 34.3 Å². The van der Waals surface area contributed by atoms with Gasteiger partial charge in [0.2, 0.25) is 0 Å². The molecule has 0 aliphatic heterocycles. The minimum absolute atomic E-state index is 0.132. The molecule has 3 rings (SSSR count). The molecule has 0 aliphatic rings. The quantitative estimate of drug-likeness (QED) is 0.719. The highest BCUT2D eigenvalue weighted by Crippen LogP contribution is 2.29. The van der Waals surface area contributed by atoms with E-state index in [1.807, 2.05) is 48.7 Å². The first kappa shape index (κ1) is 15.2. The number of thiazole rings is 1. The molecule has 1 atom stereocenters. The van der Waals surface area contributed by atoms with Gasteiger partial charge in [0.1, 0.15) is 9.88 Å². The smallest absolute Gasteiger partial charge is 0.263 e. The van der Waals surface area contributed by atoms with Crippen LogP contribution in [0.2, 0.25) is 5.02 Å². The van der Waals surface area contributed by atoms with Gasteiger partial charge in [-0.3, -0.25) is 4.79 Å². The Balaban J connectivity index is 1.74. The number of halogens is 1. The second-order valence-corrected chi connectivity index (χ2v) is 7.11. The first-order valence-corrected chi connectivity index (χ1v) is 8.77. The lowest BCUT2D eigenvalue weighted by Gasteiger charge is -2.14. The zero-order valence-corrected chi connectivity index (χ0v) is 14.1. The third kappa shape index (κ3) is 3.21. The maximum atomic E-state index is 12.3. The van der Waals surface area contributed by atoms with E-state index in [0.717, 1.165) is 15.4 Å². The van der Waals surface area contributed by atoms with Crippen LogP contribution in [0.1, 0.15) is 28.2 Å². The van der Waals surface area contributed by atoms with Crippen LogP contribution in [0.25, 0.3) is 9.88 Å². The molecule has 1 amide bonds. The summed E-state index contributed by atoms with van der Waals surface area (Å²) < 4.78 is 0. The fourth-order valence-corrected chi connectivity index (χ4v) is 3.99. The molecule has 0 aliphatic carbocycles. The maximum absolute atomic E-state index is 12.3. The molecule has 22 heavy (non-hydrogen) atoms. The van der Waals surface area contributed by atoms with Crippen molar-refractivity contribution in [3.05, 3.63) is 63.4 Å². The molecule has 3 nitrogen and oxygen atoms in total. The normalized spacial score (nSPS) is 12.1. The molecule has 1 N–H and O–H groups in total. The summed E-state index contributed by atoms with van der Waals surface area (Å²) in [6.07, 6.45) is 1.62. The highest BCUT2D eigenvalue weighted by atomic mass is 35.5. The summed E-state index contributed by atoms with van der Waals surface area (Å²) in [6.45, 7) is 1.92. The Labute approximate surface area is 141 Å². The number of thiophene rings is 1. The Kier molecular flexibility index (Phi) is 4.57. The van der Waals surface area contributed by atoms with Gasteiger partial charge in [-0.15, -0.1) is 22.7 Å². The molecule has 3 aromatic rings. The number of nitrogens with zero attached hydrogens (tertiary/aromatic N) is 1. The molecule has 2 heterocycles. The van der Waals surface area contributed by atoms with Crippen molar-refractivity contribution >= 4 is 40.2 Å². The predicted molar refractivity (Wildman–Crippen MR) is 92.8 cm³/mol. The van der Waals surface area contributed by atoms with Crippen LogP contribution in [0.15, 0.2) is 48.0 Å². The van der Waals surface area contributed by atoms with Gasteiger partial charge in [-0.05, 0) is 30.0 Å². The summed E-state index contributed by atoms with van der Waals surface area (Å²) >= 11 is 9.17. The van der Waals surface area contributed by atoms with Crippen LogP contribution in [-0.2, 0) is 0 Å². The minimum atomic E-state index is -0.159. The zero-order chi connectivity index (χ0) is 15.5. The Morgan fingerprint density at radius 1 is 1.27 bits per heavy atom. The van der Waals surface area contributed by atoms with E-state index >= 15 is 0 Å². The molecule has 0 spiro atoms. The van der Waals surface area contributed by atoms with Gasteiger partial charge in [0, 0.05) is 5.02 Å². The summed E-state index contributed by atoms with van der Waals surface area (Å²) in [7, 11) is 0. The molecule has 2 aromatic heterocycles. The lowest BCUT2D eigenvalue weighted by molar-refractivity contribution is 0.0944. The predicted octanol–water partition coefficient (Wildman–Crippen LogP) is 5.02. The van der Waals surface area contributed by atoms with Crippen molar-refractivity contribution < 1.29 is 4.79 Å². The van der Waals surface area contributed by atoms with E-state index in [0.29, 0.717) is 9.90 Å². The van der Waals surface area contributed by atoms with Gasteiger partial charge < -0.3 is 5.32 Å². The summed E-state index contributed by atoms with van der Waals surface area (Å²) in [6, 6.07) is 11.3. The zero-order valence-electron chi connectivity index (χ0n) is 11.7. The highest BCUT2D eigenvalue weighted by molar-refractivity contribution is 7.21. The second-order valence-electron chi connectivity index (χ2n) is 4.72. The molecule has 1 aromatic carbocycles. The summed E-state index contributed by atoms with van der Waals surface area (Å²) in [5, 5.41) is 6.48. The Morgan fingerprint density at radius 2 is 2.09 bits per heavy atom.